The van der Waals surface area contributed by atoms with E-state index in [4.69, 9.17) is 0 Å². The van der Waals surface area contributed by atoms with Crippen molar-refractivity contribution < 1.29 is 4.39 Å². The normalized spacial score (nSPS) is 12.5. The minimum Gasteiger partial charge on any atom is -0.307 e. The maximum Gasteiger partial charge on any atom is 0.123 e. The fraction of sp³-hybridized carbons (Fsp3) is 0.333. The van der Waals surface area contributed by atoms with Crippen LogP contribution in [0.5, 0.6) is 0 Å². The Kier molecular flexibility index (Phi) is 5.17. The Morgan fingerprint density at radius 3 is 2.24 bits per heavy atom. The Hall–Kier alpha value is -1.19. The van der Waals surface area contributed by atoms with E-state index >= 15 is 0 Å². The highest BCUT2D eigenvalue weighted by molar-refractivity contribution is 9.10. The van der Waals surface area contributed by atoms with E-state index in [1.54, 1.807) is 12.1 Å². The van der Waals surface area contributed by atoms with Crippen molar-refractivity contribution in [3.8, 4) is 0 Å². The van der Waals surface area contributed by atoms with E-state index < -0.39 is 0 Å². The molecule has 0 aliphatic carbocycles. The van der Waals surface area contributed by atoms with Gasteiger partial charge < -0.3 is 5.32 Å². The highest BCUT2D eigenvalue weighted by Crippen LogP contribution is 2.32. The van der Waals surface area contributed by atoms with Gasteiger partial charge in [-0.15, -0.1) is 0 Å². The number of aryl methyl sites for hydroxylation is 3. The van der Waals surface area contributed by atoms with Gasteiger partial charge >= 0.3 is 0 Å². The van der Waals surface area contributed by atoms with Crippen LogP contribution in [0.3, 0.4) is 0 Å². The Labute approximate surface area is 134 Å². The molecule has 1 nitrogen and oxygen atoms in total. The second-order valence-corrected chi connectivity index (χ2v) is 6.36. The summed E-state index contributed by atoms with van der Waals surface area (Å²) in [6.07, 6.45) is 0. The molecular formula is C18H21BrFN. The summed E-state index contributed by atoms with van der Waals surface area (Å²) in [5.41, 5.74) is 5.59. The molecule has 2 aromatic rings. The van der Waals surface area contributed by atoms with E-state index in [1.165, 1.54) is 16.7 Å². The van der Waals surface area contributed by atoms with Crippen LogP contribution in [-0.4, -0.2) is 6.54 Å². The maximum absolute atomic E-state index is 13.6. The average molecular weight is 350 g/mol. The molecule has 21 heavy (non-hydrogen) atoms. The first-order valence-electron chi connectivity index (χ1n) is 7.20. The Morgan fingerprint density at radius 1 is 1.05 bits per heavy atom. The van der Waals surface area contributed by atoms with Gasteiger partial charge in [0, 0.05) is 4.47 Å². The molecule has 3 heteroatoms. The van der Waals surface area contributed by atoms with Gasteiger partial charge in [-0.1, -0.05) is 28.9 Å². The highest BCUT2D eigenvalue weighted by Gasteiger charge is 2.20. The topological polar surface area (TPSA) is 12.0 Å². The van der Waals surface area contributed by atoms with E-state index in [2.05, 4.69) is 47.2 Å². The van der Waals surface area contributed by atoms with Crippen LogP contribution in [-0.2, 0) is 0 Å². The van der Waals surface area contributed by atoms with Crippen molar-refractivity contribution in [2.24, 2.45) is 0 Å². The smallest absolute Gasteiger partial charge is 0.123 e. The van der Waals surface area contributed by atoms with Crippen molar-refractivity contribution >= 4 is 15.9 Å². The lowest BCUT2D eigenvalue weighted by Gasteiger charge is -2.25. The van der Waals surface area contributed by atoms with E-state index in [0.29, 0.717) is 0 Å². The van der Waals surface area contributed by atoms with Crippen molar-refractivity contribution in [1.82, 2.24) is 5.32 Å². The number of benzene rings is 2. The molecule has 0 spiro atoms. The molecule has 0 fully saturated rings. The molecule has 0 radical (unpaired) electrons. The minimum absolute atomic E-state index is 0.0769. The van der Waals surface area contributed by atoms with Crippen LogP contribution in [0, 0.1) is 26.6 Å². The maximum atomic E-state index is 13.6. The van der Waals surface area contributed by atoms with Crippen LogP contribution in [0.2, 0.25) is 0 Å². The molecule has 0 aromatic heterocycles. The second kappa shape index (κ2) is 6.71. The molecule has 2 rings (SSSR count). The number of halogens is 2. The van der Waals surface area contributed by atoms with Crippen molar-refractivity contribution in [3.05, 3.63) is 68.4 Å². The first-order chi connectivity index (χ1) is 9.93. The molecule has 0 bridgehead atoms. The largest absolute Gasteiger partial charge is 0.307 e. The van der Waals surface area contributed by atoms with Crippen LogP contribution in [0.15, 0.2) is 34.8 Å². The molecule has 0 aliphatic rings. The van der Waals surface area contributed by atoms with Crippen molar-refractivity contribution in [3.63, 3.8) is 0 Å². The molecule has 1 unspecified atom stereocenters. The summed E-state index contributed by atoms with van der Waals surface area (Å²) in [6, 6.07) is 9.60. The van der Waals surface area contributed by atoms with Gasteiger partial charge in [0.25, 0.3) is 0 Å². The quantitative estimate of drug-likeness (QED) is 0.798. The SMILES string of the molecule is CCNC(c1cc(Br)ccc1C)c1c(C)cc(F)cc1C. The molecular weight excluding hydrogens is 329 g/mol. The summed E-state index contributed by atoms with van der Waals surface area (Å²) in [4.78, 5) is 0. The van der Waals surface area contributed by atoms with Crippen LogP contribution in [0.4, 0.5) is 4.39 Å². The van der Waals surface area contributed by atoms with Gasteiger partial charge in [-0.2, -0.15) is 0 Å². The molecule has 1 atom stereocenters. The third-order valence-electron chi connectivity index (χ3n) is 3.81. The molecule has 0 amide bonds. The summed E-state index contributed by atoms with van der Waals surface area (Å²) in [5.74, 6) is -0.171. The fourth-order valence-corrected chi connectivity index (χ4v) is 3.25. The average Bonchev–Trinajstić information content (AvgIpc) is 2.39. The molecule has 0 saturated heterocycles. The molecule has 0 aliphatic heterocycles. The summed E-state index contributed by atoms with van der Waals surface area (Å²) < 4.78 is 14.6. The number of hydrogen-bond acceptors (Lipinski definition) is 1. The fourth-order valence-electron chi connectivity index (χ4n) is 2.87. The molecule has 0 heterocycles. The molecule has 1 N–H and O–H groups in total. The standard InChI is InChI=1S/C18H21BrFN/c1-5-21-18(16-10-14(19)7-6-11(16)2)17-12(3)8-15(20)9-13(17)4/h6-10,18,21H,5H2,1-4H3. The van der Waals surface area contributed by atoms with E-state index in [0.717, 1.165) is 22.1 Å². The van der Waals surface area contributed by atoms with Gasteiger partial charge in [0.05, 0.1) is 6.04 Å². The van der Waals surface area contributed by atoms with E-state index in [9.17, 15) is 4.39 Å². The van der Waals surface area contributed by atoms with Crippen molar-refractivity contribution in [1.29, 1.82) is 0 Å². The Bertz CT molecular complexity index is 629. The number of rotatable bonds is 4. The van der Waals surface area contributed by atoms with Crippen molar-refractivity contribution in [2.45, 2.75) is 33.7 Å². The summed E-state index contributed by atoms with van der Waals surface area (Å²) in [7, 11) is 0. The predicted molar refractivity (Wildman–Crippen MR) is 90.3 cm³/mol. The Morgan fingerprint density at radius 2 is 1.67 bits per heavy atom. The predicted octanol–water partition coefficient (Wildman–Crippen LogP) is 5.21. The lowest BCUT2D eigenvalue weighted by molar-refractivity contribution is 0.604. The van der Waals surface area contributed by atoms with Crippen LogP contribution < -0.4 is 5.32 Å². The first kappa shape index (κ1) is 16.2. The highest BCUT2D eigenvalue weighted by atomic mass is 79.9. The molecule has 112 valence electrons. The van der Waals surface area contributed by atoms with Crippen LogP contribution >= 0.6 is 15.9 Å². The second-order valence-electron chi connectivity index (χ2n) is 5.44. The molecule has 0 saturated carbocycles. The van der Waals surface area contributed by atoms with Crippen LogP contribution in [0.25, 0.3) is 0 Å². The lowest BCUT2D eigenvalue weighted by Crippen LogP contribution is -2.24. The van der Waals surface area contributed by atoms with E-state index in [-0.39, 0.29) is 11.9 Å². The third-order valence-corrected chi connectivity index (χ3v) is 4.30. The zero-order chi connectivity index (χ0) is 15.6. The number of nitrogens with one attached hydrogen (secondary N) is 1. The molecule has 2 aromatic carbocycles. The van der Waals surface area contributed by atoms with Crippen molar-refractivity contribution in [2.75, 3.05) is 6.54 Å². The lowest BCUT2D eigenvalue weighted by atomic mass is 9.89. The van der Waals surface area contributed by atoms with Gasteiger partial charge in [-0.3, -0.25) is 0 Å². The zero-order valence-electron chi connectivity index (χ0n) is 12.9. The van der Waals surface area contributed by atoms with Crippen LogP contribution in [0.1, 0.15) is 40.8 Å². The summed E-state index contributed by atoms with van der Waals surface area (Å²) >= 11 is 3.55. The van der Waals surface area contributed by atoms with Gasteiger partial charge in [0.2, 0.25) is 0 Å². The summed E-state index contributed by atoms with van der Waals surface area (Å²) in [5, 5.41) is 3.54. The Balaban J connectivity index is 2.61. The minimum atomic E-state index is -0.171. The summed E-state index contributed by atoms with van der Waals surface area (Å²) in [6.45, 7) is 9.01. The monoisotopic (exact) mass is 349 g/mol. The zero-order valence-corrected chi connectivity index (χ0v) is 14.5. The van der Waals surface area contributed by atoms with Gasteiger partial charge in [0.15, 0.2) is 0 Å². The first-order valence-corrected chi connectivity index (χ1v) is 7.99. The van der Waals surface area contributed by atoms with E-state index in [1.807, 2.05) is 19.9 Å². The van der Waals surface area contributed by atoms with Gasteiger partial charge in [0.1, 0.15) is 5.82 Å². The number of hydrogen-bond donors (Lipinski definition) is 1. The van der Waals surface area contributed by atoms with Gasteiger partial charge in [-0.05, 0) is 79.4 Å². The van der Waals surface area contributed by atoms with Gasteiger partial charge in [-0.25, -0.2) is 4.39 Å². The third kappa shape index (κ3) is 3.53.